The first-order chi connectivity index (χ1) is 9.72. The van der Waals surface area contributed by atoms with Crippen LogP contribution in [-0.2, 0) is 9.53 Å². The maximum absolute atomic E-state index is 13.5. The molecular weight excluding hydrogens is 291 g/mol. The Morgan fingerprint density at radius 2 is 1.81 bits per heavy atom. The summed E-state index contributed by atoms with van der Waals surface area (Å²) < 4.78 is 44.9. The van der Waals surface area contributed by atoms with Gasteiger partial charge in [0, 0.05) is 12.1 Å². The summed E-state index contributed by atoms with van der Waals surface area (Å²) in [5.74, 6) is -5.76. The van der Waals surface area contributed by atoms with Crippen molar-refractivity contribution in [2.24, 2.45) is 0 Å². The highest BCUT2D eigenvalue weighted by Crippen LogP contribution is 2.28. The van der Waals surface area contributed by atoms with Crippen molar-refractivity contribution in [3.05, 3.63) is 35.1 Å². The molecule has 1 heterocycles. The largest absolute Gasteiger partial charge is 0.480 e. The van der Waals surface area contributed by atoms with E-state index in [1.165, 1.54) is 0 Å². The van der Waals surface area contributed by atoms with Crippen LogP contribution in [0.4, 0.5) is 13.2 Å². The van der Waals surface area contributed by atoms with E-state index in [0.717, 1.165) is 4.90 Å². The lowest BCUT2D eigenvalue weighted by atomic mass is 9.95. The van der Waals surface area contributed by atoms with E-state index in [0.29, 0.717) is 12.1 Å². The van der Waals surface area contributed by atoms with Crippen LogP contribution in [0, 0.1) is 17.5 Å². The summed E-state index contributed by atoms with van der Waals surface area (Å²) in [5, 5.41) is 8.51. The Labute approximate surface area is 117 Å². The van der Waals surface area contributed by atoms with E-state index in [4.69, 9.17) is 9.84 Å². The summed E-state index contributed by atoms with van der Waals surface area (Å²) >= 11 is 0. The standard InChI is InChI=1S/C13H12F3NO4/c1-13(21-4-10(18)19)5-17(6-13)12(20)11-8(15)2-7(14)3-9(11)16/h2-3H,4-6H2,1H3,(H,18,19). The van der Waals surface area contributed by atoms with Gasteiger partial charge in [-0.05, 0) is 6.92 Å². The molecule has 114 valence electrons. The Hall–Kier alpha value is -2.09. The number of carboxylic acid groups (broad SMARTS) is 1. The molecule has 2 rings (SSSR count). The summed E-state index contributed by atoms with van der Waals surface area (Å²) in [6, 6.07) is 0.854. The normalized spacial score (nSPS) is 16.5. The lowest BCUT2D eigenvalue weighted by molar-refractivity contribution is -0.159. The minimum atomic E-state index is -1.28. The van der Waals surface area contributed by atoms with Crippen molar-refractivity contribution in [3.63, 3.8) is 0 Å². The number of hydrogen-bond donors (Lipinski definition) is 1. The highest BCUT2D eigenvalue weighted by molar-refractivity contribution is 5.95. The van der Waals surface area contributed by atoms with Gasteiger partial charge in [0.05, 0.1) is 13.1 Å². The van der Waals surface area contributed by atoms with Crippen molar-refractivity contribution in [1.82, 2.24) is 4.90 Å². The predicted octanol–water partition coefficient (Wildman–Crippen LogP) is 1.42. The number of carboxylic acids is 1. The number of rotatable bonds is 4. The molecule has 1 amide bonds. The molecule has 0 radical (unpaired) electrons. The van der Waals surface area contributed by atoms with E-state index in [9.17, 15) is 22.8 Å². The molecule has 5 nitrogen and oxygen atoms in total. The number of aliphatic carboxylic acids is 1. The Bertz CT molecular complexity index is 576. The van der Waals surface area contributed by atoms with Crippen molar-refractivity contribution >= 4 is 11.9 Å². The number of benzene rings is 1. The molecule has 0 aliphatic carbocycles. The van der Waals surface area contributed by atoms with Gasteiger partial charge in [0.1, 0.15) is 35.2 Å². The van der Waals surface area contributed by atoms with Crippen LogP contribution < -0.4 is 0 Å². The van der Waals surface area contributed by atoms with Gasteiger partial charge in [-0.25, -0.2) is 18.0 Å². The van der Waals surface area contributed by atoms with E-state index in [1.807, 2.05) is 0 Å². The second kappa shape index (κ2) is 5.36. The third kappa shape index (κ3) is 3.15. The third-order valence-corrected chi connectivity index (χ3v) is 3.10. The smallest absolute Gasteiger partial charge is 0.329 e. The van der Waals surface area contributed by atoms with Gasteiger partial charge in [0.25, 0.3) is 5.91 Å². The number of carbonyl (C=O) groups excluding carboxylic acids is 1. The first kappa shape index (κ1) is 15.3. The second-order valence-corrected chi connectivity index (χ2v) is 5.04. The maximum Gasteiger partial charge on any atom is 0.329 e. The Kier molecular flexibility index (Phi) is 3.91. The summed E-state index contributed by atoms with van der Waals surface area (Å²) in [6.45, 7) is 1.04. The molecule has 0 saturated carbocycles. The molecule has 0 aromatic heterocycles. The van der Waals surface area contributed by atoms with Crippen molar-refractivity contribution < 1.29 is 32.6 Å². The van der Waals surface area contributed by atoms with Crippen LogP contribution in [0.25, 0.3) is 0 Å². The van der Waals surface area contributed by atoms with Gasteiger partial charge in [-0.1, -0.05) is 0 Å². The van der Waals surface area contributed by atoms with Gasteiger partial charge in [0.2, 0.25) is 0 Å². The minimum Gasteiger partial charge on any atom is -0.480 e. The highest BCUT2D eigenvalue weighted by atomic mass is 19.1. The van der Waals surface area contributed by atoms with Crippen molar-refractivity contribution in [1.29, 1.82) is 0 Å². The first-order valence-electron chi connectivity index (χ1n) is 6.01. The average molecular weight is 303 g/mol. The van der Waals surface area contributed by atoms with Crippen LogP contribution in [0.2, 0.25) is 0 Å². The van der Waals surface area contributed by atoms with Crippen LogP contribution >= 0.6 is 0 Å². The van der Waals surface area contributed by atoms with E-state index < -0.39 is 47.1 Å². The lowest BCUT2D eigenvalue weighted by Gasteiger charge is -2.47. The number of ether oxygens (including phenoxy) is 1. The van der Waals surface area contributed by atoms with Crippen LogP contribution in [0.15, 0.2) is 12.1 Å². The van der Waals surface area contributed by atoms with E-state index in [1.54, 1.807) is 6.92 Å². The lowest BCUT2D eigenvalue weighted by Crippen LogP contribution is -2.63. The number of halogens is 3. The van der Waals surface area contributed by atoms with E-state index in [-0.39, 0.29) is 13.1 Å². The zero-order valence-corrected chi connectivity index (χ0v) is 11.0. The van der Waals surface area contributed by atoms with Crippen LogP contribution in [0.3, 0.4) is 0 Å². The first-order valence-corrected chi connectivity index (χ1v) is 6.01. The van der Waals surface area contributed by atoms with E-state index in [2.05, 4.69) is 0 Å². The molecule has 0 bridgehead atoms. The molecule has 1 fully saturated rings. The molecule has 1 aliphatic rings. The van der Waals surface area contributed by atoms with Crippen molar-refractivity contribution in [2.75, 3.05) is 19.7 Å². The molecule has 0 atom stereocenters. The zero-order valence-electron chi connectivity index (χ0n) is 11.0. The Morgan fingerprint density at radius 1 is 1.29 bits per heavy atom. The quantitative estimate of drug-likeness (QED) is 0.913. The van der Waals surface area contributed by atoms with Gasteiger partial charge < -0.3 is 14.7 Å². The van der Waals surface area contributed by atoms with Crippen LogP contribution in [0.1, 0.15) is 17.3 Å². The molecule has 1 aromatic rings. The fraction of sp³-hybridized carbons (Fsp3) is 0.385. The van der Waals surface area contributed by atoms with Gasteiger partial charge in [-0.3, -0.25) is 4.79 Å². The third-order valence-electron chi connectivity index (χ3n) is 3.10. The fourth-order valence-corrected chi connectivity index (χ4v) is 2.14. The summed E-state index contributed by atoms with van der Waals surface area (Å²) in [6.07, 6.45) is 0. The van der Waals surface area contributed by atoms with Gasteiger partial charge in [-0.2, -0.15) is 0 Å². The molecule has 1 saturated heterocycles. The number of amides is 1. The van der Waals surface area contributed by atoms with Gasteiger partial charge in [0.15, 0.2) is 0 Å². The molecule has 8 heteroatoms. The van der Waals surface area contributed by atoms with Crippen molar-refractivity contribution in [2.45, 2.75) is 12.5 Å². The SMILES string of the molecule is CC1(OCC(=O)O)CN(C(=O)c2c(F)cc(F)cc2F)C1. The summed E-state index contributed by atoms with van der Waals surface area (Å²) in [5.41, 5.74) is -1.71. The van der Waals surface area contributed by atoms with Gasteiger partial charge in [-0.15, -0.1) is 0 Å². The topological polar surface area (TPSA) is 66.8 Å². The fourth-order valence-electron chi connectivity index (χ4n) is 2.14. The second-order valence-electron chi connectivity index (χ2n) is 5.04. The molecule has 0 unspecified atom stereocenters. The summed E-state index contributed by atoms with van der Waals surface area (Å²) in [7, 11) is 0. The molecule has 1 aromatic carbocycles. The molecular formula is C13H12F3NO4. The van der Waals surface area contributed by atoms with Crippen LogP contribution in [-0.4, -0.2) is 47.2 Å². The molecule has 21 heavy (non-hydrogen) atoms. The van der Waals surface area contributed by atoms with Crippen LogP contribution in [0.5, 0.6) is 0 Å². The zero-order chi connectivity index (χ0) is 15.8. The molecule has 0 spiro atoms. The number of hydrogen-bond acceptors (Lipinski definition) is 3. The maximum atomic E-state index is 13.5. The van der Waals surface area contributed by atoms with E-state index >= 15 is 0 Å². The highest BCUT2D eigenvalue weighted by Gasteiger charge is 2.44. The Balaban J connectivity index is 2.06. The predicted molar refractivity (Wildman–Crippen MR) is 64.2 cm³/mol. The molecule has 1 aliphatic heterocycles. The minimum absolute atomic E-state index is 0.00459. The van der Waals surface area contributed by atoms with Crippen molar-refractivity contribution in [3.8, 4) is 0 Å². The summed E-state index contributed by atoms with van der Waals surface area (Å²) in [4.78, 5) is 23.5. The van der Waals surface area contributed by atoms with Gasteiger partial charge >= 0.3 is 5.97 Å². The Morgan fingerprint density at radius 3 is 2.29 bits per heavy atom. The average Bonchev–Trinajstić information content (AvgIpc) is 2.31. The number of nitrogens with zero attached hydrogens (tertiary/aromatic N) is 1. The number of carbonyl (C=O) groups is 2. The molecule has 1 N–H and O–H groups in total. The monoisotopic (exact) mass is 303 g/mol. The number of likely N-dealkylation sites (tertiary alicyclic amines) is 1.